The van der Waals surface area contributed by atoms with Gasteiger partial charge in [0.2, 0.25) is 11.2 Å². The lowest BCUT2D eigenvalue weighted by molar-refractivity contribution is -0.137. The summed E-state index contributed by atoms with van der Waals surface area (Å²) in [6, 6.07) is 11.9. The van der Waals surface area contributed by atoms with E-state index in [1.165, 1.54) is 24.3 Å². The van der Waals surface area contributed by atoms with E-state index in [-0.39, 0.29) is 17.5 Å². The molecule has 1 fully saturated rings. The molecule has 1 heterocycles. The maximum atomic E-state index is 13.9. The highest BCUT2D eigenvalue weighted by atomic mass is 35.5. The number of ether oxygens (including phenoxy) is 1. The van der Waals surface area contributed by atoms with E-state index in [1.807, 2.05) is 0 Å². The number of hydrogen-bond acceptors (Lipinski definition) is 4. The molecule has 0 aromatic heterocycles. The molecule has 5 rings (SSSR count). The summed E-state index contributed by atoms with van der Waals surface area (Å²) in [5, 5.41) is 20.6. The van der Waals surface area contributed by atoms with Crippen LogP contribution in [-0.2, 0) is 6.18 Å². The summed E-state index contributed by atoms with van der Waals surface area (Å²) >= 11 is 5.82. The van der Waals surface area contributed by atoms with Crippen LogP contribution < -0.4 is 4.74 Å². The number of hydrogen-bond donors (Lipinski definition) is 2. The van der Waals surface area contributed by atoms with Gasteiger partial charge in [-0.15, -0.1) is 5.10 Å². The quantitative estimate of drug-likeness (QED) is 0.236. The summed E-state index contributed by atoms with van der Waals surface area (Å²) in [5.41, 5.74) is -0.907. The van der Waals surface area contributed by atoms with Crippen LogP contribution in [0, 0.1) is 28.1 Å². The summed E-state index contributed by atoms with van der Waals surface area (Å²) in [7, 11) is 0. The predicted octanol–water partition coefficient (Wildman–Crippen LogP) is 6.19. The number of nitrogens with zero attached hydrogens (tertiary/aromatic N) is 2. The Bertz CT molecular complexity index is 1270. The maximum Gasteiger partial charge on any atom is 0.416 e. The Morgan fingerprint density at radius 3 is 2.55 bits per heavy atom. The van der Waals surface area contributed by atoms with Crippen molar-refractivity contribution in [3.05, 3.63) is 78.1 Å². The van der Waals surface area contributed by atoms with Crippen molar-refractivity contribution < 1.29 is 22.3 Å². The zero-order valence-corrected chi connectivity index (χ0v) is 17.5. The molecule has 2 aromatic carbocycles. The lowest BCUT2D eigenvalue weighted by atomic mass is 9.95. The van der Waals surface area contributed by atoms with Crippen molar-refractivity contribution in [1.82, 2.24) is 5.01 Å². The molecule has 1 aliphatic heterocycles. The van der Waals surface area contributed by atoms with Crippen molar-refractivity contribution in [2.24, 2.45) is 22.4 Å². The number of hydrazone groups is 1. The lowest BCUT2D eigenvalue weighted by Crippen LogP contribution is -2.42. The number of allylic oxidation sites excluding steroid dienone is 3. The fourth-order valence-electron chi connectivity index (χ4n) is 4.44. The van der Waals surface area contributed by atoms with E-state index in [9.17, 15) is 17.6 Å². The van der Waals surface area contributed by atoms with Gasteiger partial charge in [-0.1, -0.05) is 42.5 Å². The van der Waals surface area contributed by atoms with Crippen molar-refractivity contribution in [1.29, 1.82) is 10.8 Å². The molecule has 3 atom stereocenters. The van der Waals surface area contributed by atoms with Crippen molar-refractivity contribution in [3.8, 4) is 16.9 Å². The van der Waals surface area contributed by atoms with E-state index in [0.29, 0.717) is 11.1 Å². The van der Waals surface area contributed by atoms with Crippen LogP contribution >= 0.6 is 11.6 Å². The summed E-state index contributed by atoms with van der Waals surface area (Å²) in [6.07, 6.45) is -0.569. The number of benzene rings is 2. The second-order valence-electron chi connectivity index (χ2n) is 7.89. The summed E-state index contributed by atoms with van der Waals surface area (Å²) < 4.78 is 60.2. The Balaban J connectivity index is 1.62. The van der Waals surface area contributed by atoms with Crippen LogP contribution in [0.5, 0.6) is 5.75 Å². The third-order valence-electron chi connectivity index (χ3n) is 6.05. The van der Waals surface area contributed by atoms with E-state index in [0.717, 1.165) is 17.1 Å². The molecule has 2 aromatic rings. The predicted molar refractivity (Wildman–Crippen MR) is 116 cm³/mol. The zero-order chi connectivity index (χ0) is 23.5. The molecule has 10 heteroatoms. The van der Waals surface area contributed by atoms with Gasteiger partial charge in [0.05, 0.1) is 16.9 Å². The standard InChI is InChI=1S/C23H15ClF4N4O/c24-21(30)32-20(29)22-9-8-14(25)11-16(22)18(22)19(31-32)33-17-10-13(23(26,27)28)6-7-15(17)12-4-2-1-3-5-12/h1-11,16,18,29-30H. The second-order valence-corrected chi connectivity index (χ2v) is 8.25. The molecule has 1 saturated carbocycles. The van der Waals surface area contributed by atoms with Crippen LogP contribution in [0.1, 0.15) is 5.56 Å². The molecule has 33 heavy (non-hydrogen) atoms. The third kappa shape index (κ3) is 3.34. The fourth-order valence-corrected chi connectivity index (χ4v) is 4.56. The van der Waals surface area contributed by atoms with E-state index in [2.05, 4.69) is 5.10 Å². The molecule has 3 unspecified atom stereocenters. The first-order chi connectivity index (χ1) is 15.6. The van der Waals surface area contributed by atoms with Gasteiger partial charge in [0.15, 0.2) is 0 Å². The van der Waals surface area contributed by atoms with Gasteiger partial charge in [-0.05, 0) is 41.4 Å². The third-order valence-corrected chi connectivity index (χ3v) is 6.21. The topological polar surface area (TPSA) is 72.5 Å². The van der Waals surface area contributed by atoms with E-state index in [1.54, 1.807) is 30.3 Å². The monoisotopic (exact) mass is 474 g/mol. The smallest absolute Gasteiger partial charge is 0.416 e. The van der Waals surface area contributed by atoms with Crippen molar-refractivity contribution in [2.45, 2.75) is 6.18 Å². The molecule has 2 aliphatic carbocycles. The molecular weight excluding hydrogens is 460 g/mol. The number of amidine groups is 2. The normalized spacial score (nSPS) is 25.6. The Morgan fingerprint density at radius 2 is 1.88 bits per heavy atom. The Kier molecular flexibility index (Phi) is 4.72. The molecule has 1 spiro atoms. The highest BCUT2D eigenvalue weighted by molar-refractivity contribution is 6.65. The van der Waals surface area contributed by atoms with Crippen molar-refractivity contribution in [3.63, 3.8) is 0 Å². The van der Waals surface area contributed by atoms with Gasteiger partial charge >= 0.3 is 6.18 Å². The fraction of sp³-hybridized carbons (Fsp3) is 0.174. The molecule has 2 N–H and O–H groups in total. The van der Waals surface area contributed by atoms with E-state index >= 15 is 0 Å². The van der Waals surface area contributed by atoms with Crippen molar-refractivity contribution >= 4 is 28.6 Å². The van der Waals surface area contributed by atoms with Crippen molar-refractivity contribution in [2.75, 3.05) is 0 Å². The van der Waals surface area contributed by atoms with Crippen LogP contribution in [0.2, 0.25) is 0 Å². The Labute approximate surface area is 190 Å². The highest BCUT2D eigenvalue weighted by Gasteiger charge is 2.72. The largest absolute Gasteiger partial charge is 0.440 e. The van der Waals surface area contributed by atoms with Gasteiger partial charge in [-0.2, -0.15) is 18.2 Å². The minimum Gasteiger partial charge on any atom is -0.440 e. The summed E-state index contributed by atoms with van der Waals surface area (Å²) in [5.74, 6) is -1.91. The molecular formula is C23H15ClF4N4O. The second kappa shape index (κ2) is 7.28. The minimum atomic E-state index is -4.60. The number of rotatable bonds is 2. The maximum absolute atomic E-state index is 13.9. The number of halogens is 5. The van der Waals surface area contributed by atoms with Crippen LogP contribution in [0.25, 0.3) is 11.1 Å². The van der Waals surface area contributed by atoms with Crippen LogP contribution in [0.3, 0.4) is 0 Å². The summed E-state index contributed by atoms with van der Waals surface area (Å²) in [6.45, 7) is 0. The average Bonchev–Trinajstić information content (AvgIpc) is 3.45. The van der Waals surface area contributed by atoms with Crippen LogP contribution in [-0.4, -0.2) is 22.0 Å². The number of alkyl halides is 3. The Hall–Kier alpha value is -3.46. The first-order valence-electron chi connectivity index (χ1n) is 9.85. The van der Waals surface area contributed by atoms with E-state index in [4.69, 9.17) is 27.2 Å². The molecule has 0 amide bonds. The molecule has 5 nitrogen and oxygen atoms in total. The van der Waals surface area contributed by atoms with Crippen LogP contribution in [0.4, 0.5) is 17.6 Å². The van der Waals surface area contributed by atoms with E-state index < -0.39 is 40.1 Å². The number of fused-ring (bicyclic) bond motifs is 1. The van der Waals surface area contributed by atoms with Gasteiger partial charge in [-0.25, -0.2) is 4.39 Å². The van der Waals surface area contributed by atoms with Gasteiger partial charge in [0.25, 0.3) is 0 Å². The first kappa shape index (κ1) is 21.4. The zero-order valence-electron chi connectivity index (χ0n) is 16.7. The minimum absolute atomic E-state index is 0.0477. The Morgan fingerprint density at radius 1 is 1.15 bits per heavy atom. The average molecular weight is 475 g/mol. The molecule has 0 radical (unpaired) electrons. The van der Waals surface area contributed by atoms with Gasteiger partial charge in [-0.3, -0.25) is 10.8 Å². The highest BCUT2D eigenvalue weighted by Crippen LogP contribution is 2.66. The lowest BCUT2D eigenvalue weighted by Gasteiger charge is -2.29. The molecule has 0 saturated heterocycles. The van der Waals surface area contributed by atoms with Gasteiger partial charge in [0.1, 0.15) is 17.4 Å². The molecule has 168 valence electrons. The SMILES string of the molecule is N=C(Cl)N1N=C(Oc2cc(C(F)(F)F)ccc2-c2ccccc2)C2C3C=C(F)C=CC32C1=N. The van der Waals surface area contributed by atoms with Crippen LogP contribution in [0.15, 0.2) is 77.7 Å². The van der Waals surface area contributed by atoms with Gasteiger partial charge < -0.3 is 4.74 Å². The number of nitrogens with one attached hydrogen (secondary N) is 2. The molecule has 0 bridgehead atoms. The first-order valence-corrected chi connectivity index (χ1v) is 10.2. The van der Waals surface area contributed by atoms with Gasteiger partial charge in [0, 0.05) is 11.5 Å². The summed E-state index contributed by atoms with van der Waals surface area (Å²) in [4.78, 5) is 0. The molecule has 3 aliphatic rings.